The van der Waals surface area contributed by atoms with Crippen LogP contribution in [0, 0.1) is 5.82 Å². The number of aromatic nitrogens is 2. The number of rotatable bonds is 6. The topological polar surface area (TPSA) is 79.4 Å². The molecule has 3 rings (SSSR count). The molecule has 1 atom stereocenters. The van der Waals surface area contributed by atoms with Gasteiger partial charge in [-0.25, -0.2) is 9.37 Å². The Balaban J connectivity index is 1.81. The lowest BCUT2D eigenvalue weighted by atomic mass is 9.75. The van der Waals surface area contributed by atoms with Crippen LogP contribution in [0.15, 0.2) is 24.4 Å². The lowest BCUT2D eigenvalue weighted by molar-refractivity contribution is -0.156. The molecule has 1 aliphatic rings. The van der Waals surface area contributed by atoms with Crippen LogP contribution in [0.25, 0.3) is 0 Å². The maximum atomic E-state index is 14.6. The average molecular weight is 498 g/mol. The van der Waals surface area contributed by atoms with E-state index in [2.05, 4.69) is 53.2 Å². The van der Waals surface area contributed by atoms with Gasteiger partial charge in [-0.3, -0.25) is 9.69 Å². The van der Waals surface area contributed by atoms with Crippen LogP contribution in [-0.4, -0.2) is 51.1 Å². The molecular weight excluding hydrogens is 468 g/mol. The second kappa shape index (κ2) is 9.60. The molecule has 0 bridgehead atoms. The highest BCUT2D eigenvalue weighted by molar-refractivity contribution is 6.35. The largest absolute Gasteiger partial charge is 0.468 e. The number of carbonyl (C=O) groups is 1. The summed E-state index contributed by atoms with van der Waals surface area (Å²) in [6.45, 7) is 10.2. The summed E-state index contributed by atoms with van der Waals surface area (Å²) in [5, 5.41) is 7.18. The number of halogens is 3. The van der Waals surface area contributed by atoms with Gasteiger partial charge in [-0.05, 0) is 65.7 Å². The Bertz CT molecular complexity index is 996. The summed E-state index contributed by atoms with van der Waals surface area (Å²) >= 11 is 12.1. The van der Waals surface area contributed by atoms with Crippen LogP contribution in [0.3, 0.4) is 0 Å². The van der Waals surface area contributed by atoms with Crippen LogP contribution in [0.5, 0.6) is 0 Å². The summed E-state index contributed by atoms with van der Waals surface area (Å²) in [7, 11) is 1.40. The van der Waals surface area contributed by atoms with E-state index in [1.54, 1.807) is 18.2 Å². The van der Waals surface area contributed by atoms with Crippen molar-refractivity contribution in [1.82, 2.24) is 14.9 Å². The van der Waals surface area contributed by atoms with Crippen molar-refractivity contribution in [3.05, 3.63) is 40.3 Å². The van der Waals surface area contributed by atoms with Crippen LogP contribution in [0.4, 0.5) is 21.8 Å². The normalized spacial score (nSPS) is 19.1. The van der Waals surface area contributed by atoms with Gasteiger partial charge in [-0.15, -0.1) is 0 Å². The van der Waals surface area contributed by atoms with Crippen LogP contribution in [-0.2, 0) is 9.53 Å². The van der Waals surface area contributed by atoms with E-state index in [4.69, 9.17) is 27.9 Å². The van der Waals surface area contributed by atoms with Crippen LogP contribution >= 0.6 is 23.2 Å². The molecule has 1 aliphatic heterocycles. The molecule has 1 unspecified atom stereocenters. The van der Waals surface area contributed by atoms with E-state index in [0.29, 0.717) is 28.6 Å². The maximum absolute atomic E-state index is 14.6. The first-order valence-electron chi connectivity index (χ1n) is 10.7. The van der Waals surface area contributed by atoms with Crippen molar-refractivity contribution < 1.29 is 13.9 Å². The average Bonchev–Trinajstić information content (AvgIpc) is 2.67. The van der Waals surface area contributed by atoms with E-state index in [9.17, 15) is 9.18 Å². The minimum Gasteiger partial charge on any atom is -0.468 e. The highest BCUT2D eigenvalue weighted by Crippen LogP contribution is 2.41. The molecular formula is C23H30Cl2FN5O2. The fraction of sp³-hybridized carbons (Fsp3) is 0.522. The molecule has 0 radical (unpaired) electrons. The molecule has 0 aliphatic carbocycles. The number of hydrogen-bond donors (Lipinski definition) is 2. The number of methoxy groups -OCH3 is 1. The van der Waals surface area contributed by atoms with Gasteiger partial charge >= 0.3 is 5.97 Å². The Morgan fingerprint density at radius 2 is 1.76 bits per heavy atom. The number of nitrogens with zero attached hydrogens (tertiary/aromatic N) is 3. The second-order valence-corrected chi connectivity index (χ2v) is 10.5. The Kier molecular flexibility index (Phi) is 7.41. The van der Waals surface area contributed by atoms with Crippen molar-refractivity contribution >= 4 is 46.6 Å². The molecule has 1 aromatic carbocycles. The highest BCUT2D eigenvalue weighted by Gasteiger charge is 2.49. The lowest BCUT2D eigenvalue weighted by Crippen LogP contribution is -2.67. The zero-order valence-corrected chi connectivity index (χ0v) is 21.2. The zero-order chi connectivity index (χ0) is 24.6. The van der Waals surface area contributed by atoms with Crippen LogP contribution in [0.2, 0.25) is 10.0 Å². The van der Waals surface area contributed by atoms with Gasteiger partial charge < -0.3 is 15.4 Å². The maximum Gasteiger partial charge on any atom is 0.322 e. The zero-order valence-electron chi connectivity index (χ0n) is 19.7. The summed E-state index contributed by atoms with van der Waals surface area (Å²) < 4.78 is 19.6. The van der Waals surface area contributed by atoms with E-state index in [1.807, 2.05) is 6.92 Å². The minimum absolute atomic E-state index is 0.0750. The number of esters is 1. The Labute approximate surface area is 204 Å². The van der Waals surface area contributed by atoms with Crippen LogP contribution in [0.1, 0.15) is 47.5 Å². The van der Waals surface area contributed by atoms with E-state index < -0.39 is 11.9 Å². The fourth-order valence-corrected chi connectivity index (χ4v) is 5.72. The molecule has 33 heavy (non-hydrogen) atoms. The van der Waals surface area contributed by atoms with E-state index >= 15 is 0 Å². The molecule has 1 fully saturated rings. The lowest BCUT2D eigenvalue weighted by Gasteiger charge is -2.57. The number of nitrogens with one attached hydrogen (secondary N) is 2. The van der Waals surface area contributed by atoms with Gasteiger partial charge in [0.2, 0.25) is 5.95 Å². The summed E-state index contributed by atoms with van der Waals surface area (Å²) in [5.41, 5.74) is -0.109. The third-order valence-electron chi connectivity index (χ3n) is 5.93. The summed E-state index contributed by atoms with van der Waals surface area (Å²) in [6, 6.07) is 4.49. The summed E-state index contributed by atoms with van der Waals surface area (Å²) in [5.74, 6) is -0.508. The standard InChI is InChI=1S/C23H30Cl2FN5O2/c1-13(20(32)33-6)31-22(2,3)10-17(11-23(31,4)5)28-19-18(26)12-27-21(30-19)29-16-8-14(24)7-15(25)9-16/h7-9,12-13,17H,10-11H2,1-6H3,(H2,27,28,29,30). The van der Waals surface area contributed by atoms with Crippen molar-refractivity contribution in [1.29, 1.82) is 0 Å². The predicted octanol–water partition coefficient (Wildman–Crippen LogP) is 5.66. The molecule has 0 amide bonds. The number of likely N-dealkylation sites (tertiary alicyclic amines) is 1. The first-order valence-corrected chi connectivity index (χ1v) is 11.5. The van der Waals surface area contributed by atoms with Crippen molar-refractivity contribution in [2.45, 2.75) is 70.6 Å². The number of hydrogen-bond acceptors (Lipinski definition) is 7. The van der Waals surface area contributed by atoms with Gasteiger partial charge in [-0.1, -0.05) is 23.2 Å². The van der Waals surface area contributed by atoms with Crippen LogP contribution < -0.4 is 10.6 Å². The Morgan fingerprint density at radius 3 is 2.30 bits per heavy atom. The molecule has 2 heterocycles. The van der Waals surface area contributed by atoms with E-state index in [1.165, 1.54) is 7.11 Å². The van der Waals surface area contributed by atoms with Gasteiger partial charge in [0.05, 0.1) is 13.3 Å². The predicted molar refractivity (Wildman–Crippen MR) is 130 cm³/mol. The van der Waals surface area contributed by atoms with Gasteiger partial charge in [-0.2, -0.15) is 4.98 Å². The Morgan fingerprint density at radius 1 is 1.18 bits per heavy atom. The molecule has 1 aromatic heterocycles. The number of carbonyl (C=O) groups excluding carboxylic acids is 1. The van der Waals surface area contributed by atoms with E-state index in [0.717, 1.165) is 6.20 Å². The summed E-state index contributed by atoms with van der Waals surface area (Å²) in [4.78, 5) is 22.8. The summed E-state index contributed by atoms with van der Waals surface area (Å²) in [6.07, 6.45) is 2.47. The molecule has 2 N–H and O–H groups in total. The quantitative estimate of drug-likeness (QED) is 0.498. The minimum atomic E-state index is -0.550. The molecule has 180 valence electrons. The van der Waals surface area contributed by atoms with Crippen molar-refractivity contribution in [3.63, 3.8) is 0 Å². The first-order chi connectivity index (χ1) is 15.3. The molecule has 1 saturated heterocycles. The molecule has 10 heteroatoms. The first kappa shape index (κ1) is 25.5. The van der Waals surface area contributed by atoms with E-state index in [-0.39, 0.29) is 34.9 Å². The fourth-order valence-electron chi connectivity index (χ4n) is 5.20. The highest BCUT2D eigenvalue weighted by atomic mass is 35.5. The van der Waals surface area contributed by atoms with Gasteiger partial charge in [0.15, 0.2) is 11.6 Å². The van der Waals surface area contributed by atoms with Gasteiger partial charge in [0, 0.05) is 32.9 Å². The third-order valence-corrected chi connectivity index (χ3v) is 6.37. The monoisotopic (exact) mass is 497 g/mol. The third kappa shape index (κ3) is 5.86. The van der Waals surface area contributed by atoms with Crippen molar-refractivity contribution in [3.8, 4) is 0 Å². The second-order valence-electron chi connectivity index (χ2n) is 9.62. The number of anilines is 3. The van der Waals surface area contributed by atoms with Gasteiger partial charge in [0.25, 0.3) is 0 Å². The van der Waals surface area contributed by atoms with Gasteiger partial charge in [0.1, 0.15) is 6.04 Å². The molecule has 7 nitrogen and oxygen atoms in total. The molecule has 2 aromatic rings. The molecule has 0 saturated carbocycles. The smallest absolute Gasteiger partial charge is 0.322 e. The van der Waals surface area contributed by atoms with Crippen molar-refractivity contribution in [2.24, 2.45) is 0 Å². The number of benzene rings is 1. The SMILES string of the molecule is COC(=O)C(C)N1C(C)(C)CC(Nc2nc(Nc3cc(Cl)cc(Cl)c3)ncc2F)CC1(C)C. The Hall–Kier alpha value is -2.16. The van der Waals surface area contributed by atoms with Crippen molar-refractivity contribution in [2.75, 3.05) is 17.7 Å². The number of piperidine rings is 1. The molecule has 0 spiro atoms. The number of ether oxygens (including phenoxy) is 1.